The number of thiocarbonyl (C=S) groups is 1. The van der Waals surface area contributed by atoms with E-state index in [0.29, 0.717) is 21.4 Å². The molecule has 2 N–H and O–H groups in total. The quantitative estimate of drug-likeness (QED) is 0.324. The largest absolute Gasteiger partial charge is 0.495 e. The molecule has 7 heteroatoms. The zero-order chi connectivity index (χ0) is 23.5. The van der Waals surface area contributed by atoms with Gasteiger partial charge in [-0.3, -0.25) is 0 Å². The highest BCUT2D eigenvalue weighted by molar-refractivity contribution is 7.80. The molecular weight excluding hydrogens is 440 g/mol. The van der Waals surface area contributed by atoms with E-state index >= 15 is 0 Å². The number of methoxy groups -OCH3 is 2. The second-order valence-electron chi connectivity index (χ2n) is 8.34. The number of nitrogens with one attached hydrogen (secondary N) is 2. The molecule has 0 unspecified atom stereocenters. The van der Waals surface area contributed by atoms with E-state index in [-0.39, 0.29) is 5.41 Å². The Labute approximate surface area is 198 Å². The van der Waals surface area contributed by atoms with Gasteiger partial charge in [-0.1, -0.05) is 57.2 Å². The molecule has 1 heterocycles. The first-order valence-corrected chi connectivity index (χ1v) is 11.4. The van der Waals surface area contributed by atoms with Gasteiger partial charge in [-0.25, -0.2) is 4.79 Å². The third kappa shape index (κ3) is 5.11. The molecule has 0 saturated heterocycles. The van der Waals surface area contributed by atoms with Crippen LogP contribution in [0.1, 0.15) is 41.6 Å². The van der Waals surface area contributed by atoms with Crippen molar-refractivity contribution in [1.29, 1.82) is 0 Å². The number of rotatable bonds is 5. The molecule has 0 aliphatic heterocycles. The maximum absolute atomic E-state index is 12.7. The summed E-state index contributed by atoms with van der Waals surface area (Å²) in [5.41, 5.74) is 4.16. The monoisotopic (exact) mass is 468 g/mol. The Morgan fingerprint density at radius 2 is 1.72 bits per heavy atom. The molecule has 0 spiro atoms. The van der Waals surface area contributed by atoms with Gasteiger partial charge in [0.2, 0.25) is 0 Å². The molecule has 168 valence electrons. The van der Waals surface area contributed by atoms with Crippen LogP contribution in [0, 0.1) is 6.92 Å². The lowest BCUT2D eigenvalue weighted by Crippen LogP contribution is -2.21. The average Bonchev–Trinajstić information content (AvgIpc) is 3.08. The Morgan fingerprint density at radius 1 is 1.03 bits per heavy atom. The van der Waals surface area contributed by atoms with Crippen LogP contribution in [0.4, 0.5) is 10.7 Å². The van der Waals surface area contributed by atoms with Crippen LogP contribution in [0.25, 0.3) is 11.1 Å². The number of ether oxygens (including phenoxy) is 2. The van der Waals surface area contributed by atoms with Gasteiger partial charge in [0.1, 0.15) is 16.3 Å². The van der Waals surface area contributed by atoms with Crippen LogP contribution in [0.3, 0.4) is 0 Å². The number of hydrogen-bond acceptors (Lipinski definition) is 5. The van der Waals surface area contributed by atoms with Crippen molar-refractivity contribution in [2.45, 2.75) is 33.1 Å². The SMILES string of the molecule is COC(=O)c1c(NC(=S)Nc2cc(C(C)(C)C)ccc2OC)sc(C)c1-c1ccccc1. The van der Waals surface area contributed by atoms with Gasteiger partial charge in [-0.2, -0.15) is 0 Å². The third-order valence-electron chi connectivity index (χ3n) is 5.08. The van der Waals surface area contributed by atoms with Crippen LogP contribution >= 0.6 is 23.6 Å². The molecule has 1 aromatic heterocycles. The van der Waals surface area contributed by atoms with Gasteiger partial charge in [0.25, 0.3) is 0 Å². The van der Waals surface area contributed by atoms with Gasteiger partial charge in [-0.15, -0.1) is 11.3 Å². The number of thiophene rings is 1. The second kappa shape index (κ2) is 9.71. The molecular formula is C25H28N2O3S2. The number of hydrogen-bond donors (Lipinski definition) is 2. The van der Waals surface area contributed by atoms with Crippen molar-refractivity contribution in [2.75, 3.05) is 24.9 Å². The summed E-state index contributed by atoms with van der Waals surface area (Å²) < 4.78 is 10.6. The number of carbonyl (C=O) groups is 1. The summed E-state index contributed by atoms with van der Waals surface area (Å²) in [6.45, 7) is 8.43. The van der Waals surface area contributed by atoms with Gasteiger partial charge < -0.3 is 20.1 Å². The molecule has 2 aromatic carbocycles. The fraction of sp³-hybridized carbons (Fsp3) is 0.280. The predicted molar refractivity (Wildman–Crippen MR) is 137 cm³/mol. The Balaban J connectivity index is 1.95. The molecule has 0 saturated carbocycles. The maximum atomic E-state index is 12.7. The van der Waals surface area contributed by atoms with E-state index in [0.717, 1.165) is 27.3 Å². The molecule has 0 fully saturated rings. The summed E-state index contributed by atoms with van der Waals surface area (Å²) in [4.78, 5) is 13.7. The second-order valence-corrected chi connectivity index (χ2v) is 9.97. The van der Waals surface area contributed by atoms with Crippen LogP contribution in [0.15, 0.2) is 48.5 Å². The molecule has 0 bridgehead atoms. The first-order chi connectivity index (χ1) is 15.2. The van der Waals surface area contributed by atoms with Crippen LogP contribution in [0.2, 0.25) is 0 Å². The van der Waals surface area contributed by atoms with Crippen molar-refractivity contribution in [3.05, 3.63) is 64.5 Å². The van der Waals surface area contributed by atoms with E-state index in [4.69, 9.17) is 21.7 Å². The minimum absolute atomic E-state index is 0.0226. The highest BCUT2D eigenvalue weighted by Gasteiger charge is 2.25. The van der Waals surface area contributed by atoms with Crippen molar-refractivity contribution >= 4 is 45.3 Å². The minimum Gasteiger partial charge on any atom is -0.495 e. The fourth-order valence-electron chi connectivity index (χ4n) is 3.41. The van der Waals surface area contributed by atoms with Gasteiger partial charge in [0, 0.05) is 10.4 Å². The summed E-state index contributed by atoms with van der Waals surface area (Å²) in [5, 5.41) is 7.42. The normalized spacial score (nSPS) is 11.1. The molecule has 0 amide bonds. The molecule has 0 aliphatic rings. The predicted octanol–water partition coefficient (Wildman–Crippen LogP) is 6.63. The number of carbonyl (C=O) groups excluding carboxylic acids is 1. The highest BCUT2D eigenvalue weighted by atomic mass is 32.1. The topological polar surface area (TPSA) is 59.6 Å². The Morgan fingerprint density at radius 3 is 2.31 bits per heavy atom. The summed E-state index contributed by atoms with van der Waals surface area (Å²) in [6, 6.07) is 15.8. The molecule has 5 nitrogen and oxygen atoms in total. The van der Waals surface area contributed by atoms with Gasteiger partial charge in [0.05, 0.1) is 19.9 Å². The Kier molecular flexibility index (Phi) is 7.21. The fourth-order valence-corrected chi connectivity index (χ4v) is 4.76. The van der Waals surface area contributed by atoms with Crippen molar-refractivity contribution < 1.29 is 14.3 Å². The third-order valence-corrected chi connectivity index (χ3v) is 6.30. The van der Waals surface area contributed by atoms with E-state index in [9.17, 15) is 4.79 Å². The van der Waals surface area contributed by atoms with E-state index in [1.807, 2.05) is 55.5 Å². The van der Waals surface area contributed by atoms with Crippen LogP contribution in [-0.4, -0.2) is 25.3 Å². The summed E-state index contributed by atoms with van der Waals surface area (Å²) in [5.74, 6) is 0.272. The molecule has 32 heavy (non-hydrogen) atoms. The van der Waals surface area contributed by atoms with E-state index < -0.39 is 5.97 Å². The smallest absolute Gasteiger partial charge is 0.341 e. The summed E-state index contributed by atoms with van der Waals surface area (Å²) >= 11 is 7.06. The van der Waals surface area contributed by atoms with E-state index in [1.165, 1.54) is 18.4 Å². The van der Waals surface area contributed by atoms with Crippen molar-refractivity contribution in [1.82, 2.24) is 0 Å². The zero-order valence-electron chi connectivity index (χ0n) is 19.2. The lowest BCUT2D eigenvalue weighted by molar-refractivity contribution is 0.0603. The lowest BCUT2D eigenvalue weighted by atomic mass is 9.87. The number of benzene rings is 2. The van der Waals surface area contributed by atoms with Crippen LogP contribution in [-0.2, 0) is 10.2 Å². The highest BCUT2D eigenvalue weighted by Crippen LogP contribution is 2.40. The van der Waals surface area contributed by atoms with Crippen molar-refractivity contribution in [3.8, 4) is 16.9 Å². The van der Waals surface area contributed by atoms with E-state index in [1.54, 1.807) is 7.11 Å². The Hall–Kier alpha value is -2.90. The standard InChI is InChI=1S/C25H28N2O3S2/c1-15-20(16-10-8-7-9-11-16)21(23(28)30-6)22(32-15)27-24(31)26-18-14-17(25(2,3)4)12-13-19(18)29-5/h7-14H,1-6H3,(H2,26,27,31). The van der Waals surface area contributed by atoms with Crippen molar-refractivity contribution in [2.24, 2.45) is 0 Å². The molecule has 0 radical (unpaired) electrons. The Bertz CT molecular complexity index is 1130. The molecule has 0 atom stereocenters. The van der Waals surface area contributed by atoms with Gasteiger partial charge >= 0.3 is 5.97 Å². The summed E-state index contributed by atoms with van der Waals surface area (Å²) in [6.07, 6.45) is 0. The molecule has 3 rings (SSSR count). The van der Waals surface area contributed by atoms with Crippen LogP contribution < -0.4 is 15.4 Å². The number of aryl methyl sites for hydroxylation is 1. The average molecular weight is 469 g/mol. The molecule has 3 aromatic rings. The lowest BCUT2D eigenvalue weighted by Gasteiger charge is -2.21. The first-order valence-electron chi connectivity index (χ1n) is 10.2. The van der Waals surface area contributed by atoms with Gasteiger partial charge in [-0.05, 0) is 47.8 Å². The van der Waals surface area contributed by atoms with Crippen LogP contribution in [0.5, 0.6) is 5.75 Å². The number of anilines is 2. The maximum Gasteiger partial charge on any atom is 0.341 e. The number of esters is 1. The molecule has 0 aliphatic carbocycles. The van der Waals surface area contributed by atoms with E-state index in [2.05, 4.69) is 31.4 Å². The zero-order valence-corrected chi connectivity index (χ0v) is 20.8. The summed E-state index contributed by atoms with van der Waals surface area (Å²) in [7, 11) is 3.01. The van der Waals surface area contributed by atoms with Crippen molar-refractivity contribution in [3.63, 3.8) is 0 Å². The first kappa shape index (κ1) is 23.8. The van der Waals surface area contributed by atoms with Gasteiger partial charge in [0.15, 0.2) is 5.11 Å². The minimum atomic E-state index is -0.411.